The van der Waals surface area contributed by atoms with Gasteiger partial charge in [-0.15, -0.1) is 0 Å². The van der Waals surface area contributed by atoms with Crippen molar-refractivity contribution < 1.29 is 19.4 Å². The molecule has 0 unspecified atom stereocenters. The minimum Gasteiger partial charge on any atom is -0.508 e. The molecule has 2 N–H and O–H groups in total. The number of nitrogens with zero attached hydrogens (tertiary/aromatic N) is 1. The normalized spacial score (nSPS) is 10.5. The zero-order chi connectivity index (χ0) is 18.7. The van der Waals surface area contributed by atoms with Crippen molar-refractivity contribution in [3.8, 4) is 5.75 Å². The lowest BCUT2D eigenvalue weighted by Gasteiger charge is -2.09. The first-order valence-corrected chi connectivity index (χ1v) is 8.13. The highest BCUT2D eigenvalue weighted by Gasteiger charge is 2.15. The number of esters is 1. The Kier molecular flexibility index (Phi) is 5.04. The minimum absolute atomic E-state index is 0.0915. The van der Waals surface area contributed by atoms with Gasteiger partial charge in [0.25, 0.3) is 5.91 Å². The topological polar surface area (TPSA) is 88.5 Å². The number of phenols is 1. The van der Waals surface area contributed by atoms with E-state index in [1.54, 1.807) is 31.2 Å². The molecule has 2 aromatic carbocycles. The number of amides is 1. The average Bonchev–Trinajstić information content (AvgIpc) is 2.61. The lowest BCUT2D eigenvalue weighted by molar-refractivity contribution is -0.119. The quantitative estimate of drug-likeness (QED) is 0.540. The van der Waals surface area contributed by atoms with E-state index in [1.807, 2.05) is 0 Å². The number of aromatic nitrogens is 1. The molecule has 0 spiro atoms. The number of fused-ring (bicyclic) bond motifs is 1. The molecule has 6 nitrogen and oxygen atoms in total. The van der Waals surface area contributed by atoms with Crippen molar-refractivity contribution in [3.63, 3.8) is 0 Å². The zero-order valence-corrected chi connectivity index (χ0v) is 14.6. The van der Waals surface area contributed by atoms with Crippen molar-refractivity contribution >= 4 is 40.1 Å². The van der Waals surface area contributed by atoms with Crippen molar-refractivity contribution in [1.29, 1.82) is 0 Å². The summed E-state index contributed by atoms with van der Waals surface area (Å²) >= 11 is 5.97. The van der Waals surface area contributed by atoms with Crippen LogP contribution in [-0.2, 0) is 9.53 Å². The zero-order valence-electron chi connectivity index (χ0n) is 13.8. The standard InChI is InChI=1S/C19H15ClN2O4/c1-11-16(9-12-8-13(20)2-7-17(12)21-11)19(25)26-10-18(24)22-14-3-5-15(23)6-4-14/h2-9,23H,10H2,1H3,(H,22,24). The number of aryl methyl sites for hydroxylation is 1. The van der Waals surface area contributed by atoms with E-state index in [1.165, 1.54) is 24.3 Å². The molecule has 0 radical (unpaired) electrons. The van der Waals surface area contributed by atoms with E-state index in [0.717, 1.165) is 0 Å². The van der Waals surface area contributed by atoms with Crippen LogP contribution in [0.3, 0.4) is 0 Å². The number of pyridine rings is 1. The number of hydrogen-bond donors (Lipinski definition) is 2. The third-order valence-electron chi connectivity index (χ3n) is 3.67. The van der Waals surface area contributed by atoms with Crippen LogP contribution < -0.4 is 5.32 Å². The Morgan fingerprint density at radius 1 is 1.15 bits per heavy atom. The highest BCUT2D eigenvalue weighted by atomic mass is 35.5. The Hall–Kier alpha value is -3.12. The molecule has 0 saturated heterocycles. The Balaban J connectivity index is 1.67. The summed E-state index contributed by atoms with van der Waals surface area (Å²) < 4.78 is 5.07. The second-order valence-electron chi connectivity index (χ2n) is 5.63. The number of halogens is 1. The second-order valence-corrected chi connectivity index (χ2v) is 6.07. The maximum atomic E-state index is 12.3. The van der Waals surface area contributed by atoms with Gasteiger partial charge in [-0.3, -0.25) is 9.78 Å². The molecule has 0 aliphatic rings. The number of carbonyl (C=O) groups excluding carboxylic acids is 2. The van der Waals surface area contributed by atoms with Gasteiger partial charge in [-0.2, -0.15) is 0 Å². The molecular formula is C19H15ClN2O4. The number of aromatic hydroxyl groups is 1. The fraction of sp³-hybridized carbons (Fsp3) is 0.105. The molecule has 3 aromatic rings. The van der Waals surface area contributed by atoms with Gasteiger partial charge in [0.15, 0.2) is 6.61 Å². The van der Waals surface area contributed by atoms with E-state index in [2.05, 4.69) is 10.3 Å². The molecule has 0 aliphatic heterocycles. The van der Waals surface area contributed by atoms with E-state index >= 15 is 0 Å². The van der Waals surface area contributed by atoms with Crippen LogP contribution >= 0.6 is 11.6 Å². The van der Waals surface area contributed by atoms with Crippen molar-refractivity contribution in [2.75, 3.05) is 11.9 Å². The smallest absolute Gasteiger partial charge is 0.340 e. The van der Waals surface area contributed by atoms with Crippen LogP contribution in [0.25, 0.3) is 10.9 Å². The molecule has 132 valence electrons. The lowest BCUT2D eigenvalue weighted by atomic mass is 10.1. The Morgan fingerprint density at radius 2 is 1.88 bits per heavy atom. The van der Waals surface area contributed by atoms with Gasteiger partial charge in [0.05, 0.1) is 16.8 Å². The maximum Gasteiger partial charge on any atom is 0.340 e. The lowest BCUT2D eigenvalue weighted by Crippen LogP contribution is -2.21. The summed E-state index contributed by atoms with van der Waals surface area (Å²) in [6.45, 7) is 1.26. The van der Waals surface area contributed by atoms with Crippen molar-refractivity contribution in [2.45, 2.75) is 6.92 Å². The number of anilines is 1. The van der Waals surface area contributed by atoms with E-state index in [4.69, 9.17) is 16.3 Å². The Morgan fingerprint density at radius 3 is 2.62 bits per heavy atom. The fourth-order valence-electron chi connectivity index (χ4n) is 2.40. The molecular weight excluding hydrogens is 356 g/mol. The van der Waals surface area contributed by atoms with Gasteiger partial charge in [-0.05, 0) is 55.5 Å². The summed E-state index contributed by atoms with van der Waals surface area (Å²) in [6.07, 6.45) is 0. The second kappa shape index (κ2) is 7.41. The van der Waals surface area contributed by atoms with E-state index in [0.29, 0.717) is 27.3 Å². The summed E-state index contributed by atoms with van der Waals surface area (Å²) in [6, 6.07) is 12.8. The number of benzene rings is 2. The van der Waals surface area contributed by atoms with Crippen LogP contribution in [-0.4, -0.2) is 28.6 Å². The molecule has 26 heavy (non-hydrogen) atoms. The van der Waals surface area contributed by atoms with Gasteiger partial charge in [0.2, 0.25) is 0 Å². The summed E-state index contributed by atoms with van der Waals surface area (Å²) in [5, 5.41) is 13.0. The van der Waals surface area contributed by atoms with Gasteiger partial charge in [-0.1, -0.05) is 11.6 Å². The van der Waals surface area contributed by atoms with Crippen LogP contribution in [0.15, 0.2) is 48.5 Å². The summed E-state index contributed by atoms with van der Waals surface area (Å²) in [5.41, 5.74) is 1.98. The third-order valence-corrected chi connectivity index (χ3v) is 3.91. The first kappa shape index (κ1) is 17.7. The molecule has 0 fully saturated rings. The monoisotopic (exact) mass is 370 g/mol. The van der Waals surface area contributed by atoms with Crippen molar-refractivity contribution in [2.24, 2.45) is 0 Å². The van der Waals surface area contributed by atoms with Gasteiger partial charge in [-0.25, -0.2) is 4.79 Å². The fourth-order valence-corrected chi connectivity index (χ4v) is 2.58. The Bertz CT molecular complexity index is 987. The first-order chi connectivity index (χ1) is 12.4. The van der Waals surface area contributed by atoms with Gasteiger partial charge in [0.1, 0.15) is 5.75 Å². The number of phenolic OH excluding ortho intramolecular Hbond substituents is 1. The maximum absolute atomic E-state index is 12.3. The van der Waals surface area contributed by atoms with Crippen LogP contribution in [0, 0.1) is 6.92 Å². The van der Waals surface area contributed by atoms with Gasteiger partial charge < -0.3 is 15.2 Å². The molecule has 0 aliphatic carbocycles. The van der Waals surface area contributed by atoms with Crippen LogP contribution in [0.2, 0.25) is 5.02 Å². The van der Waals surface area contributed by atoms with E-state index in [-0.39, 0.29) is 11.3 Å². The number of carbonyl (C=O) groups is 2. The average molecular weight is 371 g/mol. The predicted molar refractivity (Wildman–Crippen MR) is 98.5 cm³/mol. The molecule has 1 aromatic heterocycles. The van der Waals surface area contributed by atoms with Crippen LogP contribution in [0.4, 0.5) is 5.69 Å². The molecule has 0 saturated carbocycles. The summed E-state index contributed by atoms with van der Waals surface area (Å²) in [4.78, 5) is 28.5. The highest BCUT2D eigenvalue weighted by Crippen LogP contribution is 2.21. The molecule has 0 bridgehead atoms. The van der Waals surface area contributed by atoms with Crippen molar-refractivity contribution in [1.82, 2.24) is 4.98 Å². The molecule has 1 amide bonds. The predicted octanol–water partition coefficient (Wildman–Crippen LogP) is 3.70. The van der Waals surface area contributed by atoms with Crippen LogP contribution in [0.1, 0.15) is 16.1 Å². The SMILES string of the molecule is Cc1nc2ccc(Cl)cc2cc1C(=O)OCC(=O)Nc1ccc(O)cc1. The molecule has 7 heteroatoms. The first-order valence-electron chi connectivity index (χ1n) is 7.75. The van der Waals surface area contributed by atoms with Crippen molar-refractivity contribution in [3.05, 3.63) is 64.8 Å². The summed E-state index contributed by atoms with van der Waals surface area (Å²) in [7, 11) is 0. The number of nitrogens with one attached hydrogen (secondary N) is 1. The molecule has 1 heterocycles. The summed E-state index contributed by atoms with van der Waals surface area (Å²) in [5.74, 6) is -1.04. The third kappa shape index (κ3) is 4.10. The van der Waals surface area contributed by atoms with E-state index in [9.17, 15) is 14.7 Å². The van der Waals surface area contributed by atoms with Gasteiger partial charge >= 0.3 is 5.97 Å². The molecule has 0 atom stereocenters. The van der Waals surface area contributed by atoms with E-state index < -0.39 is 18.5 Å². The molecule has 3 rings (SSSR count). The Labute approximate surface area is 154 Å². The number of rotatable bonds is 4. The van der Waals surface area contributed by atoms with Crippen LogP contribution in [0.5, 0.6) is 5.75 Å². The number of ether oxygens (including phenoxy) is 1. The highest BCUT2D eigenvalue weighted by molar-refractivity contribution is 6.31. The largest absolute Gasteiger partial charge is 0.508 e. The van der Waals surface area contributed by atoms with Gasteiger partial charge in [0, 0.05) is 16.1 Å². The minimum atomic E-state index is -0.641. The number of hydrogen-bond acceptors (Lipinski definition) is 5.